The van der Waals surface area contributed by atoms with Gasteiger partial charge in [0.1, 0.15) is 12.2 Å². The maximum Gasteiger partial charge on any atom is 0.340 e. The second kappa shape index (κ2) is 7.70. The predicted molar refractivity (Wildman–Crippen MR) is 112 cm³/mol. The zero-order valence-electron chi connectivity index (χ0n) is 14.9. The van der Waals surface area contributed by atoms with Crippen LogP contribution < -0.4 is 5.63 Å². The van der Waals surface area contributed by atoms with Crippen LogP contribution in [0.1, 0.15) is 15.9 Å². The minimum atomic E-state index is -0.539. The number of rotatable bonds is 4. The van der Waals surface area contributed by atoms with Gasteiger partial charge in [-0.25, -0.2) is 9.59 Å². The Morgan fingerprint density at radius 3 is 2.75 bits per heavy atom. The van der Waals surface area contributed by atoms with Crippen molar-refractivity contribution in [3.8, 4) is 0 Å². The van der Waals surface area contributed by atoms with Gasteiger partial charge in [-0.05, 0) is 41.3 Å². The number of fused-ring (bicyclic) bond motifs is 3. The lowest BCUT2D eigenvalue weighted by atomic mass is 10.0. The molecule has 3 aromatic carbocycles. The molecule has 0 N–H and O–H groups in total. The van der Waals surface area contributed by atoms with E-state index in [1.165, 1.54) is 17.8 Å². The molecule has 0 aliphatic rings. The number of carbonyl (C=O) groups is 1. The number of halogens is 1. The maximum absolute atomic E-state index is 12.6. The smallest absolute Gasteiger partial charge is 0.340 e. The van der Waals surface area contributed by atoms with E-state index in [9.17, 15) is 9.59 Å². The summed E-state index contributed by atoms with van der Waals surface area (Å²) in [5, 5.41) is 3.02. The third-order valence-electron chi connectivity index (χ3n) is 4.47. The first kappa shape index (κ1) is 18.6. The van der Waals surface area contributed by atoms with Crippen LogP contribution in [0.4, 0.5) is 0 Å². The van der Waals surface area contributed by atoms with Gasteiger partial charge in [0.2, 0.25) is 0 Å². The summed E-state index contributed by atoms with van der Waals surface area (Å²) in [5.41, 5.74) is 0.857. The third-order valence-corrected chi connectivity index (χ3v) is 5.52. The predicted octanol–water partition coefficient (Wildman–Crippen LogP) is 5.68. The number of hydrogen-bond acceptors (Lipinski definition) is 5. The van der Waals surface area contributed by atoms with Gasteiger partial charge < -0.3 is 9.15 Å². The molecule has 0 bridgehead atoms. The van der Waals surface area contributed by atoms with E-state index in [-0.39, 0.29) is 6.61 Å². The van der Waals surface area contributed by atoms with E-state index in [0.29, 0.717) is 21.7 Å². The molecule has 0 amide bonds. The van der Waals surface area contributed by atoms with Gasteiger partial charge in [-0.2, -0.15) is 0 Å². The Morgan fingerprint density at radius 1 is 1.11 bits per heavy atom. The molecular formula is C22H15ClO4S. The summed E-state index contributed by atoms with van der Waals surface area (Å²) in [5.74, 6) is -0.539. The Kier molecular flexibility index (Phi) is 5.11. The first-order chi connectivity index (χ1) is 13.6. The van der Waals surface area contributed by atoms with E-state index < -0.39 is 11.6 Å². The molecule has 1 aromatic heterocycles. The van der Waals surface area contributed by atoms with Gasteiger partial charge in [0, 0.05) is 21.9 Å². The molecule has 0 fully saturated rings. The van der Waals surface area contributed by atoms with Gasteiger partial charge in [-0.3, -0.25) is 0 Å². The van der Waals surface area contributed by atoms with Crippen molar-refractivity contribution in [3.63, 3.8) is 0 Å². The fraction of sp³-hybridized carbons (Fsp3) is 0.0909. The average molecular weight is 411 g/mol. The number of thioether (sulfide) groups is 1. The van der Waals surface area contributed by atoms with Crippen LogP contribution in [-0.4, -0.2) is 12.2 Å². The number of ether oxygens (including phenoxy) is 1. The molecule has 140 valence electrons. The van der Waals surface area contributed by atoms with Crippen molar-refractivity contribution in [2.24, 2.45) is 0 Å². The normalized spacial score (nSPS) is 11.1. The molecule has 4 aromatic rings. The van der Waals surface area contributed by atoms with Crippen LogP contribution in [-0.2, 0) is 11.3 Å². The summed E-state index contributed by atoms with van der Waals surface area (Å²) < 4.78 is 10.8. The SMILES string of the molecule is CSc1ccc(Cl)c(C(=O)OCc2cc(=O)oc3ccc4ccccc4c23)c1. The van der Waals surface area contributed by atoms with Gasteiger partial charge in [0.15, 0.2) is 0 Å². The van der Waals surface area contributed by atoms with Crippen molar-refractivity contribution < 1.29 is 13.9 Å². The molecule has 0 radical (unpaired) electrons. The molecule has 0 atom stereocenters. The van der Waals surface area contributed by atoms with Gasteiger partial charge in [0.25, 0.3) is 0 Å². The second-order valence-electron chi connectivity index (χ2n) is 6.17. The fourth-order valence-electron chi connectivity index (χ4n) is 3.14. The minimum Gasteiger partial charge on any atom is -0.457 e. The summed E-state index contributed by atoms with van der Waals surface area (Å²) >= 11 is 7.66. The lowest BCUT2D eigenvalue weighted by Crippen LogP contribution is -2.08. The van der Waals surface area contributed by atoms with E-state index >= 15 is 0 Å². The minimum absolute atomic E-state index is 0.0607. The van der Waals surface area contributed by atoms with Crippen LogP contribution in [0.5, 0.6) is 0 Å². The molecule has 1 heterocycles. The summed E-state index contributed by atoms with van der Waals surface area (Å²) in [6, 6.07) is 18.0. The lowest BCUT2D eigenvalue weighted by Gasteiger charge is -2.10. The van der Waals surface area contributed by atoms with Crippen LogP contribution in [0.15, 0.2) is 74.8 Å². The first-order valence-corrected chi connectivity index (χ1v) is 10.1. The molecular weight excluding hydrogens is 396 g/mol. The van der Waals surface area contributed by atoms with Crippen molar-refractivity contribution in [2.75, 3.05) is 6.26 Å². The van der Waals surface area contributed by atoms with Crippen LogP contribution in [0.25, 0.3) is 21.7 Å². The highest BCUT2D eigenvalue weighted by atomic mass is 35.5. The van der Waals surface area contributed by atoms with Gasteiger partial charge in [-0.1, -0.05) is 41.9 Å². The highest BCUT2D eigenvalue weighted by Gasteiger charge is 2.15. The van der Waals surface area contributed by atoms with Crippen LogP contribution >= 0.6 is 23.4 Å². The maximum atomic E-state index is 12.6. The zero-order chi connectivity index (χ0) is 19.7. The Balaban J connectivity index is 1.73. The fourth-order valence-corrected chi connectivity index (χ4v) is 3.78. The third kappa shape index (κ3) is 3.51. The van der Waals surface area contributed by atoms with Gasteiger partial charge in [0.05, 0.1) is 10.6 Å². The van der Waals surface area contributed by atoms with Crippen molar-refractivity contribution in [1.29, 1.82) is 0 Å². The molecule has 28 heavy (non-hydrogen) atoms. The molecule has 0 spiro atoms. The number of esters is 1. The van der Waals surface area contributed by atoms with Crippen LogP contribution in [0.2, 0.25) is 5.02 Å². The van der Waals surface area contributed by atoms with Crippen LogP contribution in [0, 0.1) is 0 Å². The quantitative estimate of drug-likeness (QED) is 0.187. The molecule has 0 saturated carbocycles. The van der Waals surface area contributed by atoms with Crippen molar-refractivity contribution in [2.45, 2.75) is 11.5 Å². The molecule has 0 saturated heterocycles. The molecule has 0 aliphatic carbocycles. The number of benzene rings is 3. The summed E-state index contributed by atoms with van der Waals surface area (Å²) in [6.45, 7) is -0.0607. The van der Waals surface area contributed by atoms with Crippen molar-refractivity contribution >= 4 is 51.1 Å². The lowest BCUT2D eigenvalue weighted by molar-refractivity contribution is 0.0474. The monoisotopic (exact) mass is 410 g/mol. The van der Waals surface area contributed by atoms with E-state index in [4.69, 9.17) is 20.8 Å². The average Bonchev–Trinajstić information content (AvgIpc) is 2.71. The largest absolute Gasteiger partial charge is 0.457 e. The molecule has 6 heteroatoms. The standard InChI is InChI=1S/C22H15ClO4S/c1-28-15-7-8-18(23)17(11-15)22(25)26-12-14-10-20(24)27-19-9-6-13-4-2-3-5-16(13)21(14)19/h2-11H,12H2,1H3. The van der Waals surface area contributed by atoms with E-state index in [0.717, 1.165) is 21.1 Å². The number of carbonyl (C=O) groups excluding carboxylic acids is 1. The Labute approximate surface area is 170 Å². The zero-order valence-corrected chi connectivity index (χ0v) is 16.5. The van der Waals surface area contributed by atoms with E-state index in [1.807, 2.05) is 42.7 Å². The molecule has 0 unspecified atom stereocenters. The first-order valence-electron chi connectivity index (χ1n) is 8.52. The highest BCUT2D eigenvalue weighted by Crippen LogP contribution is 2.28. The Hall–Kier alpha value is -2.76. The van der Waals surface area contributed by atoms with Gasteiger partial charge in [-0.15, -0.1) is 11.8 Å². The molecule has 4 nitrogen and oxygen atoms in total. The molecule has 4 rings (SSSR count). The summed E-state index contributed by atoms with van der Waals surface area (Å²) in [7, 11) is 0. The Morgan fingerprint density at radius 2 is 1.93 bits per heavy atom. The number of hydrogen-bond donors (Lipinski definition) is 0. The van der Waals surface area contributed by atoms with Crippen molar-refractivity contribution in [1.82, 2.24) is 0 Å². The summed E-state index contributed by atoms with van der Waals surface area (Å²) in [4.78, 5) is 25.4. The van der Waals surface area contributed by atoms with E-state index in [2.05, 4.69) is 0 Å². The van der Waals surface area contributed by atoms with Crippen LogP contribution in [0.3, 0.4) is 0 Å². The molecule has 0 aliphatic heterocycles. The van der Waals surface area contributed by atoms with Gasteiger partial charge >= 0.3 is 11.6 Å². The van der Waals surface area contributed by atoms with E-state index in [1.54, 1.807) is 18.2 Å². The topological polar surface area (TPSA) is 56.5 Å². The van der Waals surface area contributed by atoms with Crippen molar-refractivity contribution in [3.05, 3.63) is 87.2 Å². The second-order valence-corrected chi connectivity index (χ2v) is 7.46. The Bertz CT molecular complexity index is 1260. The highest BCUT2D eigenvalue weighted by molar-refractivity contribution is 7.98. The summed E-state index contributed by atoms with van der Waals surface area (Å²) in [6.07, 6.45) is 1.92.